The topological polar surface area (TPSA) is 113 Å². The second-order valence-electron chi connectivity index (χ2n) is 13.8. The zero-order valence-corrected chi connectivity index (χ0v) is 25.3. The van der Waals surface area contributed by atoms with Crippen molar-refractivity contribution in [3.63, 3.8) is 0 Å². The monoisotopic (exact) mass is 575 g/mol. The first kappa shape index (κ1) is 29.4. The molecule has 3 amide bonds. The van der Waals surface area contributed by atoms with Gasteiger partial charge in [0.15, 0.2) is 0 Å². The molecule has 0 unspecified atom stereocenters. The smallest absolute Gasteiger partial charge is 0.265 e. The molecule has 5 fully saturated rings. The Balaban J connectivity index is 1.28. The Morgan fingerprint density at radius 2 is 1.95 bits per heavy atom. The van der Waals surface area contributed by atoms with Crippen molar-refractivity contribution >= 4 is 29.1 Å². The largest absolute Gasteiger partial charge is 0.378 e. The molecule has 1 aromatic rings. The van der Waals surface area contributed by atoms with Gasteiger partial charge in [-0.15, -0.1) is 11.3 Å². The summed E-state index contributed by atoms with van der Waals surface area (Å²) in [5.74, 6) is -0.983. The number of carbonyl (C=O) groups is 3. The van der Waals surface area contributed by atoms with E-state index in [0.29, 0.717) is 37.3 Å². The van der Waals surface area contributed by atoms with E-state index in [-0.39, 0.29) is 34.0 Å². The summed E-state index contributed by atoms with van der Waals surface area (Å²) in [6.45, 7) is 12.9. The van der Waals surface area contributed by atoms with E-state index < -0.39 is 18.1 Å². The number of thiazole rings is 1. The van der Waals surface area contributed by atoms with Gasteiger partial charge in [-0.05, 0) is 38.0 Å². The van der Waals surface area contributed by atoms with Crippen LogP contribution in [0, 0.1) is 22.2 Å². The molecular weight excluding hydrogens is 530 g/mol. The van der Waals surface area contributed by atoms with E-state index in [9.17, 15) is 14.4 Å². The van der Waals surface area contributed by atoms with E-state index in [4.69, 9.17) is 9.47 Å². The van der Waals surface area contributed by atoms with Crippen LogP contribution in [-0.2, 0) is 19.1 Å². The third-order valence-corrected chi connectivity index (χ3v) is 10.00. The summed E-state index contributed by atoms with van der Waals surface area (Å²) in [6.07, 6.45) is 5.71. The van der Waals surface area contributed by atoms with Crippen LogP contribution in [0.15, 0.2) is 11.7 Å². The maximum atomic E-state index is 13.9. The molecule has 11 heteroatoms. The Morgan fingerprint density at radius 1 is 1.23 bits per heavy atom. The molecular formula is C29H45N5O5S. The number of ether oxygens (including phenoxy) is 2. The van der Waals surface area contributed by atoms with Crippen molar-refractivity contribution in [3.05, 3.63) is 16.6 Å². The van der Waals surface area contributed by atoms with Crippen LogP contribution < -0.4 is 10.6 Å². The number of nitrogens with one attached hydrogen (secondary N) is 2. The quantitative estimate of drug-likeness (QED) is 0.464. The summed E-state index contributed by atoms with van der Waals surface area (Å²) in [4.78, 5) is 49.0. The maximum Gasteiger partial charge on any atom is 0.265 e. The standard InChI is InChI=1S/C29H45N5O5S/c1-19(38-16-28-8-6-20(7-9-28)39-17-28)23(25(36)30-5)32-24(35)21-11-34(26(37)22-10-31-18-40-22)15-29(21)13-33(14-29)12-27(2,3)4/h10,18-21,23H,6-9,11-17H2,1-5H3,(H,30,36)(H,32,35)/t19-,20?,21+,23+,28?/m1/s1. The van der Waals surface area contributed by atoms with Crippen LogP contribution in [0.25, 0.3) is 0 Å². The lowest BCUT2D eigenvalue weighted by Crippen LogP contribution is -2.65. The Morgan fingerprint density at radius 3 is 2.52 bits per heavy atom. The van der Waals surface area contributed by atoms with Crippen LogP contribution in [-0.4, -0.2) is 104 Å². The molecule has 222 valence electrons. The molecule has 5 aliphatic rings. The highest BCUT2D eigenvalue weighted by molar-refractivity contribution is 7.11. The fraction of sp³-hybridized carbons (Fsp3) is 0.793. The number of carbonyl (C=O) groups excluding carboxylic acids is 3. The number of hydrogen-bond donors (Lipinski definition) is 2. The van der Waals surface area contributed by atoms with Gasteiger partial charge in [0.2, 0.25) is 11.8 Å². The highest BCUT2D eigenvalue weighted by atomic mass is 32.1. The number of likely N-dealkylation sites (N-methyl/N-ethyl adjacent to an activating group) is 1. The molecule has 0 aromatic carbocycles. The van der Waals surface area contributed by atoms with Crippen LogP contribution in [0.3, 0.4) is 0 Å². The van der Waals surface area contributed by atoms with Gasteiger partial charge < -0.3 is 29.9 Å². The Kier molecular flexibility index (Phi) is 8.31. The van der Waals surface area contributed by atoms with E-state index in [2.05, 4.69) is 41.3 Å². The summed E-state index contributed by atoms with van der Waals surface area (Å²) in [7, 11) is 1.58. The summed E-state index contributed by atoms with van der Waals surface area (Å²) in [5.41, 5.74) is 1.44. The lowest BCUT2D eigenvalue weighted by atomic mass is 9.70. The van der Waals surface area contributed by atoms with E-state index in [1.54, 1.807) is 23.7 Å². The fourth-order valence-electron chi connectivity index (χ4n) is 7.11. The molecule has 10 nitrogen and oxygen atoms in total. The molecule has 2 bridgehead atoms. The zero-order valence-electron chi connectivity index (χ0n) is 24.5. The van der Waals surface area contributed by atoms with Gasteiger partial charge in [-0.1, -0.05) is 20.8 Å². The molecule has 0 radical (unpaired) electrons. The van der Waals surface area contributed by atoms with Gasteiger partial charge in [-0.2, -0.15) is 0 Å². The van der Waals surface area contributed by atoms with Gasteiger partial charge in [0.25, 0.3) is 5.91 Å². The molecule has 5 heterocycles. The van der Waals surface area contributed by atoms with Crippen molar-refractivity contribution < 1.29 is 23.9 Å². The second-order valence-corrected chi connectivity index (χ2v) is 14.7. The normalized spacial score (nSPS) is 29.2. The van der Waals surface area contributed by atoms with Gasteiger partial charge in [-0.3, -0.25) is 19.4 Å². The summed E-state index contributed by atoms with van der Waals surface area (Å²) >= 11 is 1.31. The Bertz CT molecular complexity index is 1060. The molecule has 4 saturated heterocycles. The molecule has 1 aromatic heterocycles. The summed E-state index contributed by atoms with van der Waals surface area (Å²) in [6, 6.07) is -0.830. The third-order valence-electron chi connectivity index (χ3n) is 9.24. The van der Waals surface area contributed by atoms with Crippen molar-refractivity contribution in [2.45, 2.75) is 71.6 Å². The van der Waals surface area contributed by atoms with E-state index in [1.165, 1.54) is 11.3 Å². The minimum atomic E-state index is -0.830. The minimum Gasteiger partial charge on any atom is -0.378 e. The van der Waals surface area contributed by atoms with Crippen LogP contribution in [0.5, 0.6) is 0 Å². The lowest BCUT2D eigenvalue weighted by Gasteiger charge is -2.52. The fourth-order valence-corrected chi connectivity index (χ4v) is 7.70. The van der Waals surface area contributed by atoms with Crippen LogP contribution in [0.2, 0.25) is 0 Å². The number of nitrogens with zero attached hydrogens (tertiary/aromatic N) is 3. The van der Waals surface area contributed by atoms with E-state index >= 15 is 0 Å². The first-order valence-electron chi connectivity index (χ1n) is 14.6. The van der Waals surface area contributed by atoms with Crippen LogP contribution in [0.4, 0.5) is 0 Å². The third kappa shape index (κ3) is 6.07. The molecule has 1 aliphatic carbocycles. The van der Waals surface area contributed by atoms with Gasteiger partial charge in [-0.25, -0.2) is 0 Å². The minimum absolute atomic E-state index is 0.00424. The zero-order chi connectivity index (χ0) is 28.7. The Labute approximate surface area is 241 Å². The molecule has 1 spiro atoms. The molecule has 3 atom stereocenters. The van der Waals surface area contributed by atoms with Crippen molar-refractivity contribution in [3.8, 4) is 0 Å². The highest BCUT2D eigenvalue weighted by Gasteiger charge is 2.58. The number of amides is 3. The van der Waals surface area contributed by atoms with Crippen molar-refractivity contribution in [2.24, 2.45) is 22.2 Å². The molecule has 1 saturated carbocycles. The number of rotatable bonds is 9. The number of likely N-dealkylation sites (tertiary alicyclic amines) is 2. The predicted molar refractivity (Wildman–Crippen MR) is 152 cm³/mol. The second kappa shape index (κ2) is 11.3. The molecule has 2 N–H and O–H groups in total. The summed E-state index contributed by atoms with van der Waals surface area (Å²) < 4.78 is 12.2. The van der Waals surface area contributed by atoms with Crippen LogP contribution >= 0.6 is 11.3 Å². The number of fused-ring (bicyclic) bond motifs is 3. The summed E-state index contributed by atoms with van der Waals surface area (Å²) in [5, 5.41) is 5.75. The van der Waals surface area contributed by atoms with E-state index in [0.717, 1.165) is 45.3 Å². The Hall–Kier alpha value is -2.08. The average Bonchev–Trinajstić information content (AvgIpc) is 3.59. The lowest BCUT2D eigenvalue weighted by molar-refractivity contribution is -0.156. The number of hydrogen-bond acceptors (Lipinski definition) is 8. The predicted octanol–water partition coefficient (Wildman–Crippen LogP) is 2.16. The van der Waals surface area contributed by atoms with Gasteiger partial charge >= 0.3 is 0 Å². The molecule has 4 aliphatic heterocycles. The SMILES string of the molecule is CNC(=O)[C@@H](NC(=O)[C@@H]1CN(C(=O)c2cncs2)CC12CN(CC(C)(C)C)C2)[C@@H](C)OCC12CCC(CC1)OC2. The van der Waals surface area contributed by atoms with Gasteiger partial charge in [0.05, 0.1) is 43.0 Å². The number of aromatic nitrogens is 1. The average molecular weight is 576 g/mol. The van der Waals surface area contributed by atoms with E-state index in [1.807, 2.05) is 6.92 Å². The molecule has 40 heavy (non-hydrogen) atoms. The van der Waals surface area contributed by atoms with Crippen LogP contribution in [0.1, 0.15) is 63.0 Å². The highest BCUT2D eigenvalue weighted by Crippen LogP contribution is 2.46. The van der Waals surface area contributed by atoms with Gasteiger partial charge in [0.1, 0.15) is 10.9 Å². The first-order chi connectivity index (χ1) is 18.9. The molecule has 6 rings (SSSR count). The van der Waals surface area contributed by atoms with Crippen molar-refractivity contribution in [1.82, 2.24) is 25.4 Å². The first-order valence-corrected chi connectivity index (χ1v) is 15.5. The van der Waals surface area contributed by atoms with Crippen molar-refractivity contribution in [1.29, 1.82) is 0 Å². The maximum absolute atomic E-state index is 13.9. The van der Waals surface area contributed by atoms with Crippen molar-refractivity contribution in [2.75, 3.05) is 53.0 Å². The van der Waals surface area contributed by atoms with Gasteiger partial charge in [0, 0.05) is 50.6 Å².